The molecule has 0 aliphatic rings. The number of nitrogens with zero attached hydrogens (tertiary/aromatic N) is 4. The Morgan fingerprint density at radius 1 is 1.39 bits per heavy atom. The Hall–Kier alpha value is -2.31. The predicted molar refractivity (Wildman–Crippen MR) is 87.0 cm³/mol. The highest BCUT2D eigenvalue weighted by Gasteiger charge is 2.13. The summed E-state index contributed by atoms with van der Waals surface area (Å²) in [7, 11) is 1.74. The monoisotopic (exact) mass is 319 g/mol. The molecule has 7 heteroatoms. The number of hydrogen-bond donors (Lipinski definition) is 1. The smallest absolute Gasteiger partial charge is 0.317 e. The molecule has 126 valence electrons. The molecule has 2 rings (SSSR count). The van der Waals surface area contributed by atoms with Crippen LogP contribution in [0.15, 0.2) is 16.7 Å². The molecule has 0 bridgehead atoms. The Balaban J connectivity index is 1.77. The standard InChI is InChI=1S/C16H25N5O2/c1-11(9-21-13(3)6-12(2)18-21)8-17-16(22)20(5)10-15-7-14(4)23-19-15/h6-7,11H,8-10H2,1-5H3,(H,17,22)/t11-/m0/s1. The Bertz CT molecular complexity index is 661. The number of hydrogen-bond acceptors (Lipinski definition) is 4. The molecule has 0 unspecified atom stereocenters. The molecule has 0 aliphatic carbocycles. The summed E-state index contributed by atoms with van der Waals surface area (Å²) in [6.45, 7) is 9.75. The van der Waals surface area contributed by atoms with Crippen molar-refractivity contribution in [1.29, 1.82) is 0 Å². The van der Waals surface area contributed by atoms with E-state index in [9.17, 15) is 4.79 Å². The van der Waals surface area contributed by atoms with Gasteiger partial charge in [-0.1, -0.05) is 12.1 Å². The van der Waals surface area contributed by atoms with Gasteiger partial charge in [-0.3, -0.25) is 4.68 Å². The normalized spacial score (nSPS) is 12.2. The van der Waals surface area contributed by atoms with Gasteiger partial charge >= 0.3 is 6.03 Å². The van der Waals surface area contributed by atoms with Gasteiger partial charge in [-0.15, -0.1) is 0 Å². The fraction of sp³-hybridized carbons (Fsp3) is 0.562. The van der Waals surface area contributed by atoms with Crippen molar-refractivity contribution in [3.05, 3.63) is 35.0 Å². The summed E-state index contributed by atoms with van der Waals surface area (Å²) in [5.41, 5.74) is 2.90. The van der Waals surface area contributed by atoms with Crippen molar-refractivity contribution in [3.8, 4) is 0 Å². The van der Waals surface area contributed by atoms with Crippen LogP contribution in [0.1, 0.15) is 29.8 Å². The van der Waals surface area contributed by atoms with Crippen LogP contribution in [-0.4, -0.2) is 39.5 Å². The summed E-state index contributed by atoms with van der Waals surface area (Å²) in [5.74, 6) is 1.03. The molecule has 2 heterocycles. The minimum Gasteiger partial charge on any atom is -0.361 e. The average molecular weight is 319 g/mol. The summed E-state index contributed by atoms with van der Waals surface area (Å²) in [5, 5.41) is 11.3. The Labute approximate surface area is 136 Å². The van der Waals surface area contributed by atoms with Crippen LogP contribution >= 0.6 is 0 Å². The van der Waals surface area contributed by atoms with Crippen molar-refractivity contribution in [3.63, 3.8) is 0 Å². The summed E-state index contributed by atoms with van der Waals surface area (Å²) in [6, 6.07) is 3.76. The van der Waals surface area contributed by atoms with Crippen molar-refractivity contribution in [2.24, 2.45) is 5.92 Å². The molecular formula is C16H25N5O2. The van der Waals surface area contributed by atoms with Crippen LogP contribution in [0.25, 0.3) is 0 Å². The lowest BCUT2D eigenvalue weighted by molar-refractivity contribution is 0.203. The van der Waals surface area contributed by atoms with E-state index >= 15 is 0 Å². The molecule has 2 aromatic heterocycles. The van der Waals surface area contributed by atoms with E-state index in [2.05, 4.69) is 28.6 Å². The Morgan fingerprint density at radius 3 is 2.70 bits per heavy atom. The number of urea groups is 1. The zero-order chi connectivity index (χ0) is 17.0. The lowest BCUT2D eigenvalue weighted by Gasteiger charge is -2.19. The van der Waals surface area contributed by atoms with E-state index in [4.69, 9.17) is 4.52 Å². The summed E-state index contributed by atoms with van der Waals surface area (Å²) < 4.78 is 6.98. The molecule has 0 aliphatic heterocycles. The molecule has 1 atom stereocenters. The number of carbonyl (C=O) groups is 1. The Morgan fingerprint density at radius 2 is 2.13 bits per heavy atom. The van der Waals surface area contributed by atoms with Crippen LogP contribution in [0.3, 0.4) is 0 Å². The zero-order valence-corrected chi connectivity index (χ0v) is 14.5. The molecule has 0 radical (unpaired) electrons. The molecule has 23 heavy (non-hydrogen) atoms. The minimum atomic E-state index is -0.120. The lowest BCUT2D eigenvalue weighted by Crippen LogP contribution is -2.39. The first kappa shape index (κ1) is 17.1. The maximum Gasteiger partial charge on any atom is 0.317 e. The third-order valence-electron chi connectivity index (χ3n) is 3.61. The molecule has 2 amide bonds. The van der Waals surface area contributed by atoms with Gasteiger partial charge in [-0.25, -0.2) is 4.79 Å². The van der Waals surface area contributed by atoms with E-state index in [0.29, 0.717) is 19.0 Å². The van der Waals surface area contributed by atoms with Gasteiger partial charge in [-0.2, -0.15) is 5.10 Å². The van der Waals surface area contributed by atoms with Gasteiger partial charge < -0.3 is 14.7 Å². The molecule has 0 spiro atoms. The van der Waals surface area contributed by atoms with E-state index in [-0.39, 0.29) is 6.03 Å². The maximum absolute atomic E-state index is 12.1. The topological polar surface area (TPSA) is 76.2 Å². The van der Waals surface area contributed by atoms with Crippen molar-refractivity contribution in [1.82, 2.24) is 25.2 Å². The van der Waals surface area contributed by atoms with Crippen LogP contribution in [0, 0.1) is 26.7 Å². The van der Waals surface area contributed by atoms with Crippen LogP contribution in [0.4, 0.5) is 4.79 Å². The van der Waals surface area contributed by atoms with E-state index in [0.717, 1.165) is 29.4 Å². The van der Waals surface area contributed by atoms with E-state index in [1.54, 1.807) is 11.9 Å². The quantitative estimate of drug-likeness (QED) is 0.886. The largest absolute Gasteiger partial charge is 0.361 e. The second kappa shape index (κ2) is 7.30. The van der Waals surface area contributed by atoms with Crippen molar-refractivity contribution in [2.45, 2.75) is 40.8 Å². The average Bonchev–Trinajstić information content (AvgIpc) is 3.01. The van der Waals surface area contributed by atoms with Crippen molar-refractivity contribution < 1.29 is 9.32 Å². The van der Waals surface area contributed by atoms with Gasteiger partial charge in [0.1, 0.15) is 11.5 Å². The first-order chi connectivity index (χ1) is 10.8. The number of rotatable bonds is 6. The number of aryl methyl sites for hydroxylation is 3. The number of carbonyl (C=O) groups excluding carboxylic acids is 1. The van der Waals surface area contributed by atoms with E-state index < -0.39 is 0 Å². The first-order valence-corrected chi connectivity index (χ1v) is 7.77. The third kappa shape index (κ3) is 4.84. The van der Waals surface area contributed by atoms with Crippen LogP contribution in [0.2, 0.25) is 0 Å². The molecule has 0 aromatic carbocycles. The Kier molecular flexibility index (Phi) is 5.41. The van der Waals surface area contributed by atoms with E-state index in [1.165, 1.54) is 0 Å². The van der Waals surface area contributed by atoms with Crippen LogP contribution in [-0.2, 0) is 13.1 Å². The molecule has 1 N–H and O–H groups in total. The zero-order valence-electron chi connectivity index (χ0n) is 14.5. The van der Waals surface area contributed by atoms with Crippen molar-refractivity contribution >= 4 is 6.03 Å². The van der Waals surface area contributed by atoms with E-state index in [1.807, 2.05) is 31.5 Å². The highest BCUT2D eigenvalue weighted by atomic mass is 16.5. The van der Waals surface area contributed by atoms with Gasteiger partial charge in [0.25, 0.3) is 0 Å². The second-order valence-electron chi connectivity index (χ2n) is 6.19. The molecule has 7 nitrogen and oxygen atoms in total. The van der Waals surface area contributed by atoms with Gasteiger partial charge in [0.15, 0.2) is 0 Å². The summed E-state index contributed by atoms with van der Waals surface area (Å²) >= 11 is 0. The van der Waals surface area contributed by atoms with Crippen LogP contribution in [0.5, 0.6) is 0 Å². The summed E-state index contributed by atoms with van der Waals surface area (Å²) in [6.07, 6.45) is 0. The molecule has 0 fully saturated rings. The van der Waals surface area contributed by atoms with Crippen molar-refractivity contribution in [2.75, 3.05) is 13.6 Å². The second-order valence-corrected chi connectivity index (χ2v) is 6.19. The van der Waals surface area contributed by atoms with Gasteiger partial charge in [0.2, 0.25) is 0 Å². The predicted octanol–water partition coefficient (Wildman–Crippen LogP) is 2.27. The minimum absolute atomic E-state index is 0.120. The van der Waals surface area contributed by atoms with Gasteiger partial charge in [0, 0.05) is 31.9 Å². The number of aromatic nitrogens is 3. The lowest BCUT2D eigenvalue weighted by atomic mass is 10.2. The van der Waals surface area contributed by atoms with Crippen LogP contribution < -0.4 is 5.32 Å². The van der Waals surface area contributed by atoms with Gasteiger partial charge in [0.05, 0.1) is 12.2 Å². The molecule has 0 saturated carbocycles. The number of amides is 2. The summed E-state index contributed by atoms with van der Waals surface area (Å²) in [4.78, 5) is 13.7. The highest BCUT2D eigenvalue weighted by Crippen LogP contribution is 2.07. The SMILES string of the molecule is Cc1cc(C)n(C[C@@H](C)CNC(=O)N(C)Cc2cc(C)on2)n1. The molecular weight excluding hydrogens is 294 g/mol. The van der Waals surface area contributed by atoms with Gasteiger partial charge in [-0.05, 0) is 32.8 Å². The highest BCUT2D eigenvalue weighted by molar-refractivity contribution is 5.73. The fourth-order valence-corrected chi connectivity index (χ4v) is 2.42. The maximum atomic E-state index is 12.1. The molecule has 2 aromatic rings. The third-order valence-corrected chi connectivity index (χ3v) is 3.61. The fourth-order valence-electron chi connectivity index (χ4n) is 2.42. The number of nitrogens with one attached hydrogen (secondary N) is 1. The molecule has 0 saturated heterocycles. The first-order valence-electron chi connectivity index (χ1n) is 7.77.